The molecule has 7 heteroatoms. The average molecular weight is 156 g/mol. The van der Waals surface area contributed by atoms with E-state index in [9.17, 15) is 13.2 Å². The van der Waals surface area contributed by atoms with Gasteiger partial charge in [-0.2, -0.15) is 8.42 Å². The lowest BCUT2D eigenvalue weighted by Gasteiger charge is -1.92. The lowest BCUT2D eigenvalue weighted by atomic mass is 11.5. The van der Waals surface area contributed by atoms with Crippen LogP contribution in [0.1, 0.15) is 0 Å². The van der Waals surface area contributed by atoms with Crippen molar-refractivity contribution in [3.05, 3.63) is 0 Å². The molecule has 3 N–H and O–H groups in total. The van der Waals surface area contributed by atoms with E-state index in [1.807, 2.05) is 0 Å². The SMILES string of the molecule is NS(=O)(=O)NC(=O)S. The van der Waals surface area contributed by atoms with E-state index in [-0.39, 0.29) is 0 Å². The minimum Gasteiger partial charge on any atom is -0.261 e. The molecule has 0 spiro atoms. The number of rotatable bonds is 1. The third-order valence-electron chi connectivity index (χ3n) is 0.230. The van der Waals surface area contributed by atoms with Crippen molar-refractivity contribution in [1.29, 1.82) is 0 Å². The summed E-state index contributed by atoms with van der Waals surface area (Å²) in [5, 5.41) is 3.33. The van der Waals surface area contributed by atoms with E-state index in [0.717, 1.165) is 0 Å². The van der Waals surface area contributed by atoms with Crippen LogP contribution in [0.4, 0.5) is 4.79 Å². The van der Waals surface area contributed by atoms with E-state index in [1.165, 1.54) is 4.72 Å². The van der Waals surface area contributed by atoms with Gasteiger partial charge in [-0.15, -0.1) is 0 Å². The molecule has 8 heavy (non-hydrogen) atoms. The minimum atomic E-state index is -3.90. The lowest BCUT2D eigenvalue weighted by molar-refractivity contribution is 0.265. The number of hydrogen-bond acceptors (Lipinski definition) is 3. The number of nitrogens with two attached hydrogens (primary N) is 1. The molecule has 0 rings (SSSR count). The van der Waals surface area contributed by atoms with Gasteiger partial charge in [0.05, 0.1) is 0 Å². The van der Waals surface area contributed by atoms with Gasteiger partial charge >= 0.3 is 0 Å². The molecule has 0 aromatic rings. The van der Waals surface area contributed by atoms with Crippen LogP contribution in [0.3, 0.4) is 0 Å². The molecule has 0 unspecified atom stereocenters. The predicted octanol–water partition coefficient (Wildman–Crippen LogP) is -1.17. The van der Waals surface area contributed by atoms with Gasteiger partial charge in [-0.3, -0.25) is 4.79 Å². The number of nitrogens with one attached hydrogen (secondary N) is 1. The second-order valence-electron chi connectivity index (χ2n) is 0.952. The topological polar surface area (TPSA) is 89.3 Å². The van der Waals surface area contributed by atoms with Crippen molar-refractivity contribution in [2.24, 2.45) is 5.14 Å². The van der Waals surface area contributed by atoms with Crippen molar-refractivity contribution < 1.29 is 13.2 Å². The molecule has 0 heterocycles. The summed E-state index contributed by atoms with van der Waals surface area (Å²) in [7, 11) is -3.90. The molecule has 0 aliphatic carbocycles. The highest BCUT2D eigenvalue weighted by Gasteiger charge is 2.01. The molecule has 0 aromatic heterocycles. The van der Waals surface area contributed by atoms with Crippen molar-refractivity contribution in [2.45, 2.75) is 0 Å². The first-order valence-electron chi connectivity index (χ1n) is 1.45. The predicted molar refractivity (Wildman–Crippen MR) is 30.6 cm³/mol. The highest BCUT2D eigenvalue weighted by atomic mass is 32.2. The summed E-state index contributed by atoms with van der Waals surface area (Å²) < 4.78 is 21.0. The maximum Gasteiger partial charge on any atom is 0.299 e. The van der Waals surface area contributed by atoms with Crippen LogP contribution in [-0.4, -0.2) is 13.7 Å². The second kappa shape index (κ2) is 2.33. The van der Waals surface area contributed by atoms with E-state index in [1.54, 1.807) is 0 Å². The molecule has 0 bridgehead atoms. The number of hydrogen-bond donors (Lipinski definition) is 3. The van der Waals surface area contributed by atoms with Gasteiger partial charge in [0.15, 0.2) is 0 Å². The minimum absolute atomic E-state index is 0.993. The Hall–Kier alpha value is -0.270. The van der Waals surface area contributed by atoms with Gasteiger partial charge in [0, 0.05) is 0 Å². The largest absolute Gasteiger partial charge is 0.299 e. The molecule has 0 fully saturated rings. The molecule has 1 amide bonds. The fourth-order valence-electron chi connectivity index (χ4n) is 0.122. The zero-order valence-electron chi connectivity index (χ0n) is 3.66. The molecule has 0 atom stereocenters. The zero-order chi connectivity index (χ0) is 6.78. The molecule has 48 valence electrons. The average Bonchev–Trinajstić information content (AvgIpc) is 1.21. The van der Waals surface area contributed by atoms with Crippen LogP contribution in [0.2, 0.25) is 0 Å². The second-order valence-corrected chi connectivity index (χ2v) is 2.65. The van der Waals surface area contributed by atoms with Crippen molar-refractivity contribution in [1.82, 2.24) is 4.72 Å². The summed E-state index contributed by atoms with van der Waals surface area (Å²) in [6.45, 7) is 0. The Morgan fingerprint density at radius 3 is 2.00 bits per heavy atom. The van der Waals surface area contributed by atoms with E-state index >= 15 is 0 Å². The molecule has 0 saturated carbocycles. The molecule has 0 aliphatic rings. The summed E-state index contributed by atoms with van der Waals surface area (Å²) in [6, 6.07) is 0. The Bertz CT molecular complexity index is 181. The number of carbonyl (C=O) groups excluding carboxylic acids is 1. The molecular weight excluding hydrogens is 152 g/mol. The molecule has 0 saturated heterocycles. The highest BCUT2D eigenvalue weighted by Crippen LogP contribution is 1.76. The molecule has 0 aliphatic heterocycles. The Balaban J connectivity index is 3.95. The first-order valence-corrected chi connectivity index (χ1v) is 3.44. The first-order chi connectivity index (χ1) is 3.42. The van der Waals surface area contributed by atoms with Gasteiger partial charge in [-0.25, -0.2) is 9.86 Å². The normalized spacial score (nSPS) is 10.8. The standard InChI is InChI=1S/CH4N2O3S2/c2-8(5,6)3-1(4)7/h(H2,2,5,6)(H2,3,4,7). The van der Waals surface area contributed by atoms with Gasteiger partial charge in [-0.05, 0) is 0 Å². The monoisotopic (exact) mass is 156 g/mol. The van der Waals surface area contributed by atoms with Crippen LogP contribution in [-0.2, 0) is 10.2 Å². The van der Waals surface area contributed by atoms with E-state index in [0.29, 0.717) is 0 Å². The maximum atomic E-state index is 9.84. The molecular formula is CH4N2O3S2. The molecule has 5 nitrogen and oxygen atoms in total. The van der Waals surface area contributed by atoms with Gasteiger partial charge < -0.3 is 0 Å². The Kier molecular flexibility index (Phi) is 2.26. The maximum absolute atomic E-state index is 9.84. The van der Waals surface area contributed by atoms with Gasteiger partial charge in [0.25, 0.3) is 15.4 Å². The van der Waals surface area contributed by atoms with Crippen molar-refractivity contribution in [3.63, 3.8) is 0 Å². The Labute approximate surface area is 51.8 Å². The smallest absolute Gasteiger partial charge is 0.261 e. The summed E-state index contributed by atoms with van der Waals surface area (Å²) in [5.74, 6) is 0. The van der Waals surface area contributed by atoms with Crippen LogP contribution in [0.5, 0.6) is 0 Å². The summed E-state index contributed by atoms with van der Waals surface area (Å²) >= 11 is 3.08. The zero-order valence-corrected chi connectivity index (χ0v) is 5.37. The lowest BCUT2D eigenvalue weighted by Crippen LogP contribution is -2.32. The van der Waals surface area contributed by atoms with Crippen LogP contribution >= 0.6 is 12.6 Å². The van der Waals surface area contributed by atoms with Crippen molar-refractivity contribution in [3.8, 4) is 0 Å². The third-order valence-corrected chi connectivity index (χ3v) is 0.963. The summed E-state index contributed by atoms with van der Waals surface area (Å²) in [6.07, 6.45) is 0. The van der Waals surface area contributed by atoms with Crippen molar-refractivity contribution >= 4 is 28.1 Å². The van der Waals surface area contributed by atoms with Gasteiger partial charge in [0.2, 0.25) is 0 Å². The number of carbonyl (C=O) groups is 1. The van der Waals surface area contributed by atoms with E-state index in [2.05, 4.69) is 17.8 Å². The van der Waals surface area contributed by atoms with E-state index in [4.69, 9.17) is 0 Å². The van der Waals surface area contributed by atoms with Gasteiger partial charge in [-0.1, -0.05) is 12.6 Å². The quantitative estimate of drug-likeness (QED) is 0.418. The molecule has 0 aromatic carbocycles. The molecule has 0 radical (unpaired) electrons. The fraction of sp³-hybridized carbons (Fsp3) is 0. The third kappa shape index (κ3) is 5.73. The Morgan fingerprint density at radius 1 is 1.62 bits per heavy atom. The first kappa shape index (κ1) is 7.73. The summed E-state index contributed by atoms with van der Waals surface area (Å²) in [5.41, 5.74) is 0. The Morgan fingerprint density at radius 2 is 2.00 bits per heavy atom. The fourth-order valence-corrected chi connectivity index (χ4v) is 0.747. The van der Waals surface area contributed by atoms with Crippen molar-refractivity contribution in [2.75, 3.05) is 0 Å². The van der Waals surface area contributed by atoms with Crippen LogP contribution in [0, 0.1) is 0 Å². The number of thiol groups is 1. The van der Waals surface area contributed by atoms with E-state index < -0.39 is 15.4 Å². The van der Waals surface area contributed by atoms with Crippen LogP contribution in [0.15, 0.2) is 0 Å². The van der Waals surface area contributed by atoms with Crippen LogP contribution < -0.4 is 9.86 Å². The summed E-state index contributed by atoms with van der Waals surface area (Å²) in [4.78, 5) is 9.75. The van der Waals surface area contributed by atoms with Crippen LogP contribution in [0.25, 0.3) is 0 Å². The van der Waals surface area contributed by atoms with Gasteiger partial charge in [0.1, 0.15) is 0 Å². The number of amides is 1. The highest BCUT2D eigenvalue weighted by molar-refractivity contribution is 7.99.